The summed E-state index contributed by atoms with van der Waals surface area (Å²) in [5.41, 5.74) is 5.80. The standard InChI is InChI=1S/C16H13F2IN2O2/c17-10-5-6-11(12(18)8-10)16(23)21-14(15(20)22)7-9-3-1-2-4-13(9)19/h1-6,8,14H,7H2,(H2,20,22)(H,21,23)/t14-/m0/s1. The second kappa shape index (κ2) is 7.49. The normalized spacial score (nSPS) is 11.8. The van der Waals surface area contributed by atoms with Gasteiger partial charge in [0.15, 0.2) is 0 Å². The van der Waals surface area contributed by atoms with Gasteiger partial charge < -0.3 is 11.1 Å². The summed E-state index contributed by atoms with van der Waals surface area (Å²) in [4.78, 5) is 23.7. The summed E-state index contributed by atoms with van der Waals surface area (Å²) in [6.45, 7) is 0. The number of hydrogen-bond donors (Lipinski definition) is 2. The number of rotatable bonds is 5. The second-order valence-corrected chi connectivity index (χ2v) is 6.01. The predicted octanol–water partition coefficient (Wildman–Crippen LogP) is 2.40. The monoisotopic (exact) mass is 430 g/mol. The third kappa shape index (κ3) is 4.47. The molecule has 120 valence electrons. The Hall–Kier alpha value is -2.03. The van der Waals surface area contributed by atoms with Crippen LogP contribution in [-0.2, 0) is 11.2 Å². The predicted molar refractivity (Wildman–Crippen MR) is 89.7 cm³/mol. The molecule has 2 aromatic rings. The van der Waals surface area contributed by atoms with E-state index in [0.717, 1.165) is 21.3 Å². The molecule has 0 heterocycles. The molecule has 0 saturated carbocycles. The molecule has 0 aliphatic heterocycles. The van der Waals surface area contributed by atoms with E-state index in [9.17, 15) is 18.4 Å². The summed E-state index contributed by atoms with van der Waals surface area (Å²) in [5.74, 6) is -3.35. The Morgan fingerprint density at radius 3 is 2.48 bits per heavy atom. The van der Waals surface area contributed by atoms with Crippen LogP contribution >= 0.6 is 22.6 Å². The number of halogens is 3. The topological polar surface area (TPSA) is 72.2 Å². The summed E-state index contributed by atoms with van der Waals surface area (Å²) in [6.07, 6.45) is 0.184. The van der Waals surface area contributed by atoms with Gasteiger partial charge in [-0.3, -0.25) is 9.59 Å². The fourth-order valence-electron chi connectivity index (χ4n) is 2.02. The molecule has 0 aliphatic carbocycles. The molecular weight excluding hydrogens is 417 g/mol. The van der Waals surface area contributed by atoms with Gasteiger partial charge in [0.25, 0.3) is 5.91 Å². The van der Waals surface area contributed by atoms with Crippen molar-refractivity contribution in [2.75, 3.05) is 0 Å². The quantitative estimate of drug-likeness (QED) is 0.716. The molecule has 0 aliphatic rings. The first-order valence-electron chi connectivity index (χ1n) is 6.67. The van der Waals surface area contributed by atoms with E-state index in [0.29, 0.717) is 6.07 Å². The minimum absolute atomic E-state index is 0.184. The second-order valence-electron chi connectivity index (χ2n) is 4.85. The van der Waals surface area contributed by atoms with E-state index in [1.54, 1.807) is 6.07 Å². The minimum Gasteiger partial charge on any atom is -0.368 e. The Bertz CT molecular complexity index is 753. The van der Waals surface area contributed by atoms with Crippen LogP contribution in [0.25, 0.3) is 0 Å². The van der Waals surface area contributed by atoms with Gasteiger partial charge in [-0.25, -0.2) is 8.78 Å². The minimum atomic E-state index is -1.000. The van der Waals surface area contributed by atoms with Crippen molar-refractivity contribution in [3.05, 3.63) is 68.8 Å². The first-order chi connectivity index (χ1) is 10.9. The van der Waals surface area contributed by atoms with Crippen molar-refractivity contribution in [3.8, 4) is 0 Å². The van der Waals surface area contributed by atoms with E-state index in [1.807, 2.05) is 18.2 Å². The number of carbonyl (C=O) groups is 2. The molecule has 1 atom stereocenters. The van der Waals surface area contributed by atoms with Gasteiger partial charge in [-0.05, 0) is 46.4 Å². The zero-order valence-electron chi connectivity index (χ0n) is 11.9. The number of hydrogen-bond acceptors (Lipinski definition) is 2. The maximum Gasteiger partial charge on any atom is 0.254 e. The van der Waals surface area contributed by atoms with Gasteiger partial charge in [-0.1, -0.05) is 18.2 Å². The molecule has 4 nitrogen and oxygen atoms in total. The van der Waals surface area contributed by atoms with Crippen LogP contribution < -0.4 is 11.1 Å². The third-order valence-corrected chi connectivity index (χ3v) is 4.26. The summed E-state index contributed by atoms with van der Waals surface area (Å²) in [5, 5.41) is 2.39. The smallest absolute Gasteiger partial charge is 0.254 e. The highest BCUT2D eigenvalue weighted by molar-refractivity contribution is 14.1. The zero-order chi connectivity index (χ0) is 17.0. The van der Waals surface area contributed by atoms with Crippen molar-refractivity contribution in [2.24, 2.45) is 5.73 Å². The highest BCUT2D eigenvalue weighted by atomic mass is 127. The molecule has 0 fully saturated rings. The van der Waals surface area contributed by atoms with Crippen molar-refractivity contribution >= 4 is 34.4 Å². The van der Waals surface area contributed by atoms with E-state index in [1.165, 1.54) is 0 Å². The highest BCUT2D eigenvalue weighted by Crippen LogP contribution is 2.14. The Morgan fingerprint density at radius 1 is 1.17 bits per heavy atom. The molecule has 0 radical (unpaired) electrons. The lowest BCUT2D eigenvalue weighted by Gasteiger charge is -2.16. The van der Waals surface area contributed by atoms with Crippen LogP contribution in [0.4, 0.5) is 8.78 Å². The van der Waals surface area contributed by atoms with Gasteiger partial charge in [-0.15, -0.1) is 0 Å². The van der Waals surface area contributed by atoms with E-state index >= 15 is 0 Å². The number of nitrogens with one attached hydrogen (secondary N) is 1. The summed E-state index contributed by atoms with van der Waals surface area (Å²) >= 11 is 2.10. The first kappa shape index (κ1) is 17.3. The van der Waals surface area contributed by atoms with Crippen LogP contribution in [0.2, 0.25) is 0 Å². The van der Waals surface area contributed by atoms with Crippen molar-refractivity contribution < 1.29 is 18.4 Å². The van der Waals surface area contributed by atoms with Crippen LogP contribution in [-0.4, -0.2) is 17.9 Å². The molecule has 23 heavy (non-hydrogen) atoms. The molecule has 0 unspecified atom stereocenters. The average molecular weight is 430 g/mol. The van der Waals surface area contributed by atoms with Crippen molar-refractivity contribution in [3.63, 3.8) is 0 Å². The summed E-state index contributed by atoms with van der Waals surface area (Å²) in [7, 11) is 0. The van der Waals surface area contributed by atoms with E-state index in [-0.39, 0.29) is 12.0 Å². The lowest BCUT2D eigenvalue weighted by Crippen LogP contribution is -2.46. The Morgan fingerprint density at radius 2 is 1.87 bits per heavy atom. The fraction of sp³-hybridized carbons (Fsp3) is 0.125. The molecule has 0 saturated heterocycles. The lowest BCUT2D eigenvalue weighted by atomic mass is 10.0. The van der Waals surface area contributed by atoms with Crippen LogP contribution in [0, 0.1) is 15.2 Å². The van der Waals surface area contributed by atoms with Gasteiger partial charge in [0.05, 0.1) is 5.56 Å². The molecule has 2 amide bonds. The molecule has 2 rings (SSSR count). The van der Waals surface area contributed by atoms with Gasteiger partial charge in [0, 0.05) is 16.1 Å². The van der Waals surface area contributed by atoms with E-state index in [2.05, 4.69) is 27.9 Å². The molecule has 7 heteroatoms. The van der Waals surface area contributed by atoms with Crippen LogP contribution in [0.1, 0.15) is 15.9 Å². The summed E-state index contributed by atoms with van der Waals surface area (Å²) < 4.78 is 27.4. The van der Waals surface area contributed by atoms with Gasteiger partial charge in [0.2, 0.25) is 5.91 Å². The SMILES string of the molecule is NC(=O)[C@H](Cc1ccccc1I)NC(=O)c1ccc(F)cc1F. The molecule has 3 N–H and O–H groups in total. The molecule has 0 spiro atoms. The zero-order valence-corrected chi connectivity index (χ0v) is 14.0. The molecule has 2 aromatic carbocycles. The average Bonchev–Trinajstić information content (AvgIpc) is 2.48. The number of primary amides is 1. The van der Waals surface area contributed by atoms with Gasteiger partial charge in [-0.2, -0.15) is 0 Å². The highest BCUT2D eigenvalue weighted by Gasteiger charge is 2.22. The molecule has 0 bridgehead atoms. The largest absolute Gasteiger partial charge is 0.368 e. The third-order valence-electron chi connectivity index (χ3n) is 3.21. The maximum atomic E-state index is 13.6. The number of nitrogens with two attached hydrogens (primary N) is 1. The Kier molecular flexibility index (Phi) is 5.64. The van der Waals surface area contributed by atoms with Crippen LogP contribution in [0.15, 0.2) is 42.5 Å². The number of carbonyl (C=O) groups excluding carboxylic acids is 2. The summed E-state index contributed by atoms with van der Waals surface area (Å²) in [6, 6.07) is 8.91. The number of amides is 2. The molecule has 0 aromatic heterocycles. The first-order valence-corrected chi connectivity index (χ1v) is 7.75. The van der Waals surface area contributed by atoms with Crippen molar-refractivity contribution in [2.45, 2.75) is 12.5 Å². The van der Waals surface area contributed by atoms with Gasteiger partial charge in [0.1, 0.15) is 17.7 Å². The van der Waals surface area contributed by atoms with E-state index in [4.69, 9.17) is 5.73 Å². The van der Waals surface area contributed by atoms with Gasteiger partial charge >= 0.3 is 0 Å². The Balaban J connectivity index is 2.18. The Labute approximate surface area is 145 Å². The van der Waals surface area contributed by atoms with Crippen molar-refractivity contribution in [1.29, 1.82) is 0 Å². The van der Waals surface area contributed by atoms with Crippen molar-refractivity contribution in [1.82, 2.24) is 5.32 Å². The lowest BCUT2D eigenvalue weighted by molar-refractivity contribution is -0.119. The van der Waals surface area contributed by atoms with Crippen LogP contribution in [0.5, 0.6) is 0 Å². The number of benzene rings is 2. The fourth-order valence-corrected chi connectivity index (χ4v) is 2.62. The van der Waals surface area contributed by atoms with E-state index < -0.39 is 29.5 Å². The maximum absolute atomic E-state index is 13.6. The molecular formula is C16H13F2IN2O2. The van der Waals surface area contributed by atoms with Crippen LogP contribution in [0.3, 0.4) is 0 Å².